The van der Waals surface area contributed by atoms with Crippen molar-refractivity contribution in [1.29, 1.82) is 0 Å². The van der Waals surface area contributed by atoms with Crippen LogP contribution in [-0.4, -0.2) is 20.8 Å². The predicted octanol–water partition coefficient (Wildman–Crippen LogP) is 2.82. The van der Waals surface area contributed by atoms with E-state index in [1.807, 2.05) is 18.2 Å². The molecule has 3 aromatic rings. The predicted molar refractivity (Wildman–Crippen MR) is 103 cm³/mol. The summed E-state index contributed by atoms with van der Waals surface area (Å²) in [5.74, 6) is -0.648. The first kappa shape index (κ1) is 17.0. The summed E-state index contributed by atoms with van der Waals surface area (Å²) in [7, 11) is 3.44. The maximum Gasteiger partial charge on any atom is 0.328 e. The SMILES string of the molecule is CC1=NN(c2ccc(F)cc2)C(=O)C1=Cc1ccc2c(c1)n(C)c(=O)n2C. The van der Waals surface area contributed by atoms with E-state index in [-0.39, 0.29) is 17.4 Å². The fourth-order valence-corrected chi connectivity index (χ4v) is 3.22. The Morgan fingerprint density at radius 2 is 1.63 bits per heavy atom. The van der Waals surface area contributed by atoms with Gasteiger partial charge in [-0.15, -0.1) is 0 Å². The van der Waals surface area contributed by atoms with Crippen LogP contribution in [0.25, 0.3) is 17.1 Å². The standard InChI is InChI=1S/C20H17FN4O2/c1-12-16(19(26)25(22-12)15-7-5-14(21)6-8-15)10-13-4-9-17-18(11-13)24(3)20(27)23(17)2/h4-11H,1-3H3. The van der Waals surface area contributed by atoms with E-state index in [2.05, 4.69) is 5.10 Å². The molecule has 0 unspecified atom stereocenters. The Morgan fingerprint density at radius 1 is 0.963 bits per heavy atom. The zero-order valence-electron chi connectivity index (χ0n) is 15.1. The summed E-state index contributed by atoms with van der Waals surface area (Å²) in [6, 6.07) is 11.2. The molecule has 0 atom stereocenters. The van der Waals surface area contributed by atoms with Crippen LogP contribution < -0.4 is 10.7 Å². The average Bonchev–Trinajstić information content (AvgIpc) is 3.05. The number of hydrazone groups is 1. The van der Waals surface area contributed by atoms with Crippen molar-refractivity contribution in [3.8, 4) is 0 Å². The lowest BCUT2D eigenvalue weighted by molar-refractivity contribution is -0.114. The summed E-state index contributed by atoms with van der Waals surface area (Å²) in [4.78, 5) is 24.9. The fourth-order valence-electron chi connectivity index (χ4n) is 3.22. The van der Waals surface area contributed by atoms with Crippen LogP contribution in [0.1, 0.15) is 12.5 Å². The number of imidazole rings is 1. The molecule has 0 spiro atoms. The first-order chi connectivity index (χ1) is 12.9. The van der Waals surface area contributed by atoms with Crippen molar-refractivity contribution >= 4 is 34.4 Å². The van der Waals surface area contributed by atoms with Gasteiger partial charge in [0.15, 0.2) is 0 Å². The third kappa shape index (κ3) is 2.68. The smallest absolute Gasteiger partial charge is 0.295 e. The Morgan fingerprint density at radius 3 is 2.33 bits per heavy atom. The fraction of sp³-hybridized carbons (Fsp3) is 0.150. The first-order valence-corrected chi connectivity index (χ1v) is 8.39. The lowest BCUT2D eigenvalue weighted by Gasteiger charge is -2.11. The van der Waals surface area contributed by atoms with Gasteiger partial charge in [-0.25, -0.2) is 9.18 Å². The Labute approximate surface area is 154 Å². The number of fused-ring (bicyclic) bond motifs is 1. The highest BCUT2D eigenvalue weighted by molar-refractivity contribution is 6.32. The average molecular weight is 364 g/mol. The van der Waals surface area contributed by atoms with Gasteiger partial charge in [-0.2, -0.15) is 10.1 Å². The number of anilines is 1. The highest BCUT2D eigenvalue weighted by atomic mass is 19.1. The van der Waals surface area contributed by atoms with Crippen molar-refractivity contribution in [1.82, 2.24) is 9.13 Å². The monoisotopic (exact) mass is 364 g/mol. The van der Waals surface area contributed by atoms with Crippen molar-refractivity contribution in [3.05, 3.63) is 69.9 Å². The van der Waals surface area contributed by atoms with Crippen molar-refractivity contribution in [2.24, 2.45) is 19.2 Å². The van der Waals surface area contributed by atoms with Gasteiger partial charge in [0.05, 0.1) is 28.0 Å². The number of aromatic nitrogens is 2. The summed E-state index contributed by atoms with van der Waals surface area (Å²) in [5, 5.41) is 5.56. The van der Waals surface area contributed by atoms with E-state index in [9.17, 15) is 14.0 Å². The highest BCUT2D eigenvalue weighted by Gasteiger charge is 2.28. The number of aryl methyl sites for hydroxylation is 2. The molecule has 0 saturated carbocycles. The summed E-state index contributed by atoms with van der Waals surface area (Å²) >= 11 is 0. The molecule has 1 aliphatic heterocycles. The Hall–Kier alpha value is -3.48. The molecule has 0 bridgehead atoms. The number of amides is 1. The van der Waals surface area contributed by atoms with Gasteiger partial charge in [0.25, 0.3) is 5.91 Å². The zero-order chi connectivity index (χ0) is 19.3. The van der Waals surface area contributed by atoms with Gasteiger partial charge >= 0.3 is 5.69 Å². The lowest BCUT2D eigenvalue weighted by Crippen LogP contribution is -2.21. The van der Waals surface area contributed by atoms with Crippen LogP contribution in [0.5, 0.6) is 0 Å². The molecule has 0 N–H and O–H groups in total. The van der Waals surface area contributed by atoms with Crippen LogP contribution in [0, 0.1) is 5.82 Å². The van der Waals surface area contributed by atoms with E-state index >= 15 is 0 Å². The zero-order valence-corrected chi connectivity index (χ0v) is 15.1. The largest absolute Gasteiger partial charge is 0.328 e. The molecule has 1 amide bonds. The van der Waals surface area contributed by atoms with E-state index in [0.29, 0.717) is 17.0 Å². The van der Waals surface area contributed by atoms with Crippen molar-refractivity contribution < 1.29 is 9.18 Å². The number of benzene rings is 2. The van der Waals surface area contributed by atoms with Crippen LogP contribution in [0.2, 0.25) is 0 Å². The van der Waals surface area contributed by atoms with Crippen molar-refractivity contribution in [3.63, 3.8) is 0 Å². The second-order valence-corrected chi connectivity index (χ2v) is 6.49. The third-order valence-electron chi connectivity index (χ3n) is 4.74. The topological polar surface area (TPSA) is 59.6 Å². The molecule has 1 aliphatic rings. The molecule has 2 heterocycles. The minimum atomic E-state index is -0.372. The summed E-state index contributed by atoms with van der Waals surface area (Å²) in [5.41, 5.74) is 3.83. The minimum Gasteiger partial charge on any atom is -0.295 e. The van der Waals surface area contributed by atoms with Crippen LogP contribution in [0.3, 0.4) is 0 Å². The molecule has 0 radical (unpaired) electrons. The van der Waals surface area contributed by atoms with Crippen LogP contribution in [0.4, 0.5) is 10.1 Å². The molecule has 1 aromatic heterocycles. The molecule has 27 heavy (non-hydrogen) atoms. The number of hydrogen-bond acceptors (Lipinski definition) is 3. The maximum absolute atomic E-state index is 13.1. The summed E-state index contributed by atoms with van der Waals surface area (Å²) in [6.07, 6.45) is 1.75. The van der Waals surface area contributed by atoms with E-state index < -0.39 is 0 Å². The van der Waals surface area contributed by atoms with E-state index in [0.717, 1.165) is 16.6 Å². The van der Waals surface area contributed by atoms with Gasteiger partial charge in [0.1, 0.15) is 5.82 Å². The normalized spacial score (nSPS) is 15.9. The number of hydrogen-bond donors (Lipinski definition) is 0. The molecule has 0 fully saturated rings. The second kappa shape index (κ2) is 6.05. The number of carbonyl (C=O) groups excluding carboxylic acids is 1. The molecule has 0 saturated heterocycles. The first-order valence-electron chi connectivity index (χ1n) is 8.39. The Bertz CT molecular complexity index is 1200. The van der Waals surface area contributed by atoms with Gasteiger partial charge in [-0.1, -0.05) is 6.07 Å². The molecular weight excluding hydrogens is 347 g/mol. The summed E-state index contributed by atoms with van der Waals surface area (Å²) < 4.78 is 16.3. The Kier molecular flexibility index (Phi) is 3.80. The van der Waals surface area contributed by atoms with E-state index in [1.165, 1.54) is 29.3 Å². The summed E-state index contributed by atoms with van der Waals surface area (Å²) in [6.45, 7) is 1.75. The Balaban J connectivity index is 1.74. The van der Waals surface area contributed by atoms with E-state index in [4.69, 9.17) is 0 Å². The van der Waals surface area contributed by atoms with Crippen molar-refractivity contribution in [2.45, 2.75) is 6.92 Å². The molecule has 6 nitrogen and oxygen atoms in total. The van der Waals surface area contributed by atoms with Crippen LogP contribution in [0.15, 0.2) is 57.9 Å². The van der Waals surface area contributed by atoms with Crippen LogP contribution >= 0.6 is 0 Å². The molecule has 7 heteroatoms. The molecular formula is C20H17FN4O2. The van der Waals surface area contributed by atoms with Gasteiger partial charge in [-0.3, -0.25) is 13.9 Å². The van der Waals surface area contributed by atoms with E-state index in [1.54, 1.807) is 36.2 Å². The number of carbonyl (C=O) groups is 1. The quantitative estimate of drug-likeness (QED) is 0.657. The number of nitrogens with zero attached hydrogens (tertiary/aromatic N) is 4. The van der Waals surface area contributed by atoms with Crippen molar-refractivity contribution in [2.75, 3.05) is 5.01 Å². The molecule has 136 valence electrons. The second-order valence-electron chi connectivity index (χ2n) is 6.49. The highest BCUT2D eigenvalue weighted by Crippen LogP contribution is 2.26. The maximum atomic E-state index is 13.1. The van der Waals surface area contributed by atoms with Gasteiger partial charge < -0.3 is 0 Å². The minimum absolute atomic E-state index is 0.105. The lowest BCUT2D eigenvalue weighted by atomic mass is 10.1. The third-order valence-corrected chi connectivity index (χ3v) is 4.74. The molecule has 4 rings (SSSR count). The van der Waals surface area contributed by atoms with Crippen LogP contribution in [-0.2, 0) is 18.9 Å². The molecule has 0 aliphatic carbocycles. The number of halogens is 1. The van der Waals surface area contributed by atoms with Gasteiger partial charge in [0, 0.05) is 14.1 Å². The molecule has 2 aromatic carbocycles. The number of rotatable bonds is 2. The van der Waals surface area contributed by atoms with Gasteiger partial charge in [0.2, 0.25) is 0 Å². The van der Waals surface area contributed by atoms with Gasteiger partial charge in [-0.05, 0) is 55.0 Å².